The summed E-state index contributed by atoms with van der Waals surface area (Å²) in [5, 5.41) is 2.12. The minimum absolute atomic E-state index is 0.216. The summed E-state index contributed by atoms with van der Waals surface area (Å²) in [5.74, 6) is 0.253. The number of carbonyl (C=O) groups excluding carboxylic acids is 2. The highest BCUT2D eigenvalue weighted by Crippen LogP contribution is 2.20. The molecular weight excluding hydrogens is 368 g/mol. The molecule has 2 N–H and O–H groups in total. The van der Waals surface area contributed by atoms with Crippen LogP contribution in [-0.4, -0.2) is 24.5 Å². The molecule has 0 radical (unpaired) electrons. The van der Waals surface area contributed by atoms with Gasteiger partial charge in [-0.05, 0) is 53.9 Å². The number of ether oxygens (including phenoxy) is 2. The predicted molar refractivity (Wildman–Crippen MR) is 112 cm³/mol. The van der Waals surface area contributed by atoms with E-state index in [1.165, 1.54) is 5.56 Å². The number of carbonyl (C=O) groups is 2. The van der Waals surface area contributed by atoms with Crippen LogP contribution in [0.2, 0.25) is 0 Å². The van der Waals surface area contributed by atoms with Gasteiger partial charge >= 0.3 is 0 Å². The Balaban J connectivity index is 1.43. The summed E-state index contributed by atoms with van der Waals surface area (Å²) in [6, 6.07) is 21.0. The van der Waals surface area contributed by atoms with Crippen LogP contribution < -0.4 is 20.3 Å². The molecule has 3 aromatic carbocycles. The van der Waals surface area contributed by atoms with Gasteiger partial charge in [-0.2, -0.15) is 0 Å². The Bertz CT molecular complexity index is 986. The molecule has 0 aromatic heterocycles. The molecule has 0 aliphatic heterocycles. The number of hydrogen-bond donors (Lipinski definition) is 2. The van der Waals surface area contributed by atoms with Crippen molar-refractivity contribution in [3.8, 4) is 11.5 Å². The lowest BCUT2D eigenvalue weighted by Crippen LogP contribution is -2.48. The molecule has 0 bridgehead atoms. The monoisotopic (exact) mass is 392 g/mol. The molecule has 29 heavy (non-hydrogen) atoms. The molecule has 1 atom stereocenters. The number of amides is 2. The van der Waals surface area contributed by atoms with Crippen LogP contribution in [0.4, 0.5) is 0 Å². The molecule has 150 valence electrons. The van der Waals surface area contributed by atoms with Gasteiger partial charge in [-0.15, -0.1) is 0 Å². The average Bonchev–Trinajstić information content (AvgIpc) is 2.76. The summed E-state index contributed by atoms with van der Waals surface area (Å²) in [7, 11) is 0. The van der Waals surface area contributed by atoms with Gasteiger partial charge in [-0.25, -0.2) is 0 Å². The number of nitrogens with one attached hydrogen (secondary N) is 2. The Labute approximate surface area is 169 Å². The summed E-state index contributed by atoms with van der Waals surface area (Å²) < 4.78 is 11.1. The fraction of sp³-hybridized carbons (Fsp3) is 0.217. The van der Waals surface area contributed by atoms with E-state index in [0.29, 0.717) is 11.5 Å². The summed E-state index contributed by atoms with van der Waals surface area (Å²) in [6.45, 7) is 3.46. The van der Waals surface area contributed by atoms with Crippen molar-refractivity contribution in [1.29, 1.82) is 0 Å². The summed E-state index contributed by atoms with van der Waals surface area (Å²) in [4.78, 5) is 24.0. The maximum atomic E-state index is 12.1. The summed E-state index contributed by atoms with van der Waals surface area (Å²) in [6.07, 6.45) is 0.174. The summed E-state index contributed by atoms with van der Waals surface area (Å²) in [5.41, 5.74) is 5.87. The van der Waals surface area contributed by atoms with Gasteiger partial charge in [-0.1, -0.05) is 49.4 Å². The van der Waals surface area contributed by atoms with Gasteiger partial charge in [0.15, 0.2) is 12.7 Å². The number of hydrazine groups is 1. The van der Waals surface area contributed by atoms with E-state index >= 15 is 0 Å². The fourth-order valence-electron chi connectivity index (χ4n) is 2.74. The van der Waals surface area contributed by atoms with E-state index < -0.39 is 17.9 Å². The van der Waals surface area contributed by atoms with Gasteiger partial charge in [0.1, 0.15) is 11.5 Å². The maximum Gasteiger partial charge on any atom is 0.279 e. The van der Waals surface area contributed by atoms with E-state index in [1.54, 1.807) is 13.0 Å². The minimum atomic E-state index is -0.760. The molecule has 6 nitrogen and oxygen atoms in total. The van der Waals surface area contributed by atoms with Crippen LogP contribution in [0, 0.1) is 0 Å². The van der Waals surface area contributed by atoms with Crippen molar-refractivity contribution >= 4 is 22.6 Å². The van der Waals surface area contributed by atoms with Crippen molar-refractivity contribution in [3.63, 3.8) is 0 Å². The normalized spacial score (nSPS) is 11.5. The first kappa shape index (κ1) is 20.2. The van der Waals surface area contributed by atoms with Crippen LogP contribution in [0.3, 0.4) is 0 Å². The van der Waals surface area contributed by atoms with E-state index in [4.69, 9.17) is 9.47 Å². The number of benzene rings is 3. The van der Waals surface area contributed by atoms with Gasteiger partial charge in [-0.3, -0.25) is 20.4 Å². The fourth-order valence-corrected chi connectivity index (χ4v) is 2.74. The average molecular weight is 392 g/mol. The standard InChI is InChI=1S/C23H24N2O4/c1-3-17-8-11-20(12-9-17)29-16(2)23(27)25-24-22(26)15-28-21-13-10-18-6-4-5-7-19(18)14-21/h4-14,16H,3,15H2,1-2H3,(H,24,26)(H,25,27). The SMILES string of the molecule is CCc1ccc(OC(C)C(=O)NNC(=O)COc2ccc3ccccc3c2)cc1. The predicted octanol–water partition coefficient (Wildman–Crippen LogP) is 3.40. The summed E-state index contributed by atoms with van der Waals surface area (Å²) >= 11 is 0. The van der Waals surface area contributed by atoms with Crippen LogP contribution >= 0.6 is 0 Å². The first-order valence-electron chi connectivity index (χ1n) is 9.51. The molecule has 0 saturated heterocycles. The van der Waals surface area contributed by atoms with Crippen molar-refractivity contribution in [2.75, 3.05) is 6.61 Å². The second-order valence-electron chi connectivity index (χ2n) is 6.59. The lowest BCUT2D eigenvalue weighted by atomic mass is 10.1. The molecule has 3 aromatic rings. The van der Waals surface area contributed by atoms with Crippen molar-refractivity contribution in [3.05, 3.63) is 72.3 Å². The third kappa shape index (κ3) is 5.72. The molecule has 0 aliphatic rings. The van der Waals surface area contributed by atoms with Crippen molar-refractivity contribution < 1.29 is 19.1 Å². The Morgan fingerprint density at radius 2 is 1.59 bits per heavy atom. The highest BCUT2D eigenvalue weighted by molar-refractivity contribution is 5.86. The van der Waals surface area contributed by atoms with E-state index in [9.17, 15) is 9.59 Å². The molecule has 0 saturated carbocycles. The van der Waals surface area contributed by atoms with Crippen molar-refractivity contribution in [2.45, 2.75) is 26.4 Å². The molecule has 0 spiro atoms. The zero-order valence-corrected chi connectivity index (χ0v) is 16.5. The Morgan fingerprint density at radius 3 is 2.31 bits per heavy atom. The third-order valence-corrected chi connectivity index (χ3v) is 4.43. The largest absolute Gasteiger partial charge is 0.484 e. The maximum absolute atomic E-state index is 12.1. The van der Waals surface area contributed by atoms with Crippen molar-refractivity contribution in [1.82, 2.24) is 10.9 Å². The smallest absolute Gasteiger partial charge is 0.279 e. The van der Waals surface area contributed by atoms with E-state index in [1.807, 2.05) is 60.7 Å². The highest BCUT2D eigenvalue weighted by atomic mass is 16.5. The Kier molecular flexibility index (Phi) is 6.68. The van der Waals surface area contributed by atoms with Crippen LogP contribution in [0.5, 0.6) is 11.5 Å². The number of hydrogen-bond acceptors (Lipinski definition) is 4. The second-order valence-corrected chi connectivity index (χ2v) is 6.59. The Hall–Kier alpha value is -3.54. The van der Waals surface area contributed by atoms with Gasteiger partial charge < -0.3 is 9.47 Å². The van der Waals surface area contributed by atoms with E-state index in [2.05, 4.69) is 17.8 Å². The molecule has 0 heterocycles. The topological polar surface area (TPSA) is 76.7 Å². The van der Waals surface area contributed by atoms with Gasteiger partial charge in [0.2, 0.25) is 0 Å². The van der Waals surface area contributed by atoms with Crippen molar-refractivity contribution in [2.24, 2.45) is 0 Å². The number of aryl methyl sites for hydroxylation is 1. The number of fused-ring (bicyclic) bond motifs is 1. The minimum Gasteiger partial charge on any atom is -0.484 e. The van der Waals surface area contributed by atoms with Crippen LogP contribution in [0.25, 0.3) is 10.8 Å². The molecule has 2 amide bonds. The zero-order valence-electron chi connectivity index (χ0n) is 16.5. The van der Waals surface area contributed by atoms with Gasteiger partial charge in [0.25, 0.3) is 11.8 Å². The van der Waals surface area contributed by atoms with E-state index in [0.717, 1.165) is 17.2 Å². The second kappa shape index (κ2) is 9.59. The lowest BCUT2D eigenvalue weighted by molar-refractivity contribution is -0.133. The first-order chi connectivity index (χ1) is 14.0. The van der Waals surface area contributed by atoms with Gasteiger partial charge in [0, 0.05) is 0 Å². The Morgan fingerprint density at radius 1 is 0.897 bits per heavy atom. The van der Waals surface area contributed by atoms with Crippen LogP contribution in [0.15, 0.2) is 66.7 Å². The molecule has 0 fully saturated rings. The lowest BCUT2D eigenvalue weighted by Gasteiger charge is -2.15. The first-order valence-corrected chi connectivity index (χ1v) is 9.51. The highest BCUT2D eigenvalue weighted by Gasteiger charge is 2.15. The van der Waals surface area contributed by atoms with Gasteiger partial charge in [0.05, 0.1) is 0 Å². The van der Waals surface area contributed by atoms with Crippen LogP contribution in [0.1, 0.15) is 19.4 Å². The third-order valence-electron chi connectivity index (χ3n) is 4.43. The quantitative estimate of drug-likeness (QED) is 0.604. The van der Waals surface area contributed by atoms with Crippen LogP contribution in [-0.2, 0) is 16.0 Å². The number of rotatable bonds is 7. The molecule has 6 heteroatoms. The molecule has 3 rings (SSSR count). The van der Waals surface area contributed by atoms with E-state index in [-0.39, 0.29) is 6.61 Å². The molecular formula is C23H24N2O4. The molecule has 0 aliphatic carbocycles. The zero-order chi connectivity index (χ0) is 20.6. The molecule has 1 unspecified atom stereocenters.